The second-order valence-corrected chi connectivity index (χ2v) is 6.21. The van der Waals surface area contributed by atoms with Gasteiger partial charge in [-0.3, -0.25) is 0 Å². The lowest BCUT2D eigenvalue weighted by molar-refractivity contribution is -0.155. The summed E-state index contributed by atoms with van der Waals surface area (Å²) in [5.41, 5.74) is -1.31. The summed E-state index contributed by atoms with van der Waals surface area (Å²) >= 11 is 0. The van der Waals surface area contributed by atoms with Crippen LogP contribution in [0, 0.1) is 0 Å². The molecule has 1 fully saturated rings. The van der Waals surface area contributed by atoms with Crippen LogP contribution in [0.3, 0.4) is 0 Å². The summed E-state index contributed by atoms with van der Waals surface area (Å²) in [5, 5.41) is 28.4. The van der Waals surface area contributed by atoms with E-state index in [4.69, 9.17) is 5.11 Å². The maximum Gasteiger partial charge on any atom is 0.345 e. The van der Waals surface area contributed by atoms with Gasteiger partial charge >= 0.3 is 5.97 Å². The van der Waals surface area contributed by atoms with Crippen LogP contribution in [0.2, 0.25) is 0 Å². The smallest absolute Gasteiger partial charge is 0.345 e. The number of nitrogens with zero attached hydrogens (tertiary/aromatic N) is 1. The van der Waals surface area contributed by atoms with E-state index in [1.54, 1.807) is 60.7 Å². The number of carboxylic acids is 1. The molecule has 1 heterocycles. The average molecular weight is 343 g/mol. The van der Waals surface area contributed by atoms with Crippen molar-refractivity contribution in [1.29, 1.82) is 0 Å². The van der Waals surface area contributed by atoms with Crippen molar-refractivity contribution in [3.05, 3.63) is 71.8 Å². The zero-order chi connectivity index (χ0) is 18.3. The average Bonchev–Trinajstić information content (AvgIpc) is 3.08. The highest BCUT2D eigenvalue weighted by Crippen LogP contribution is 2.29. The minimum absolute atomic E-state index is 0.330. The maximum atomic E-state index is 11.4. The molecule has 0 saturated carbocycles. The molecule has 0 amide bonds. The normalized spacial score (nSPS) is 17.6. The molecule has 0 bridgehead atoms. The van der Waals surface area contributed by atoms with E-state index < -0.39 is 11.6 Å². The fraction of sp³-hybridized carbons (Fsp3) is 0.350. The fourth-order valence-corrected chi connectivity index (χ4v) is 2.98. The van der Waals surface area contributed by atoms with Gasteiger partial charge in [0.15, 0.2) is 0 Å². The summed E-state index contributed by atoms with van der Waals surface area (Å²) in [5.74, 6) is -1.28. The number of rotatable bonds is 4. The number of carbonyl (C=O) groups is 1. The molecule has 0 aliphatic carbocycles. The Balaban J connectivity index is 0.000000236. The lowest BCUT2D eigenvalue weighted by Crippen LogP contribution is -2.36. The summed E-state index contributed by atoms with van der Waals surface area (Å²) in [6.07, 6.45) is 2.43. The van der Waals surface area contributed by atoms with Crippen molar-refractivity contribution in [1.82, 2.24) is 4.90 Å². The van der Waals surface area contributed by atoms with Crippen LogP contribution < -0.4 is 0 Å². The van der Waals surface area contributed by atoms with E-state index >= 15 is 0 Å². The van der Waals surface area contributed by atoms with Gasteiger partial charge in [-0.05, 0) is 37.6 Å². The maximum absolute atomic E-state index is 11.4. The number of likely N-dealkylation sites (tertiary alicyclic amines) is 1. The largest absolute Gasteiger partial charge is 0.479 e. The van der Waals surface area contributed by atoms with E-state index in [9.17, 15) is 15.0 Å². The number of aliphatic hydroxyl groups excluding tert-OH is 1. The lowest BCUT2D eigenvalue weighted by atomic mass is 9.86. The van der Waals surface area contributed by atoms with E-state index in [0.29, 0.717) is 23.8 Å². The van der Waals surface area contributed by atoms with E-state index in [-0.39, 0.29) is 0 Å². The van der Waals surface area contributed by atoms with Gasteiger partial charge in [-0.15, -0.1) is 0 Å². The summed E-state index contributed by atoms with van der Waals surface area (Å²) in [4.78, 5) is 13.6. The van der Waals surface area contributed by atoms with Gasteiger partial charge in [-0.2, -0.15) is 0 Å². The van der Waals surface area contributed by atoms with Crippen molar-refractivity contribution in [2.75, 3.05) is 20.2 Å². The second kappa shape index (κ2) is 8.76. The standard InChI is InChI=1S/C14H12O3.C6H13NO/c15-13(16)14(17,11-7-3-1-4-8-11)12-9-5-2-6-10-12;1-7-4-2-3-6(7)5-8/h1-10,17H,(H,15,16);6,8H,2-5H2,1H3. The van der Waals surface area contributed by atoms with E-state index in [0.717, 1.165) is 6.54 Å². The first-order chi connectivity index (χ1) is 12.0. The zero-order valence-corrected chi connectivity index (χ0v) is 14.4. The quantitative estimate of drug-likeness (QED) is 0.792. The zero-order valence-electron chi connectivity index (χ0n) is 14.4. The van der Waals surface area contributed by atoms with Gasteiger partial charge in [-0.1, -0.05) is 60.7 Å². The Hall–Kier alpha value is -2.21. The number of hydrogen-bond donors (Lipinski definition) is 3. The first-order valence-electron chi connectivity index (χ1n) is 8.38. The van der Waals surface area contributed by atoms with Gasteiger partial charge in [0, 0.05) is 6.04 Å². The molecule has 1 unspecified atom stereocenters. The number of hydrogen-bond acceptors (Lipinski definition) is 4. The Morgan fingerprint density at radius 1 is 1.08 bits per heavy atom. The van der Waals surface area contributed by atoms with Crippen molar-refractivity contribution in [2.45, 2.75) is 24.5 Å². The fourth-order valence-electron chi connectivity index (χ4n) is 2.98. The minimum atomic E-state index is -2.00. The van der Waals surface area contributed by atoms with Crippen LogP contribution in [0.1, 0.15) is 24.0 Å². The van der Waals surface area contributed by atoms with Crippen LogP contribution in [-0.2, 0) is 10.4 Å². The molecule has 5 nitrogen and oxygen atoms in total. The Bertz CT molecular complexity index is 620. The number of aliphatic carboxylic acids is 1. The second-order valence-electron chi connectivity index (χ2n) is 6.21. The third-order valence-electron chi connectivity index (χ3n) is 4.57. The number of benzene rings is 2. The summed E-state index contributed by atoms with van der Waals surface area (Å²) in [6, 6.07) is 17.2. The Labute approximate surface area is 148 Å². The van der Waals surface area contributed by atoms with E-state index in [1.807, 2.05) is 0 Å². The van der Waals surface area contributed by atoms with Crippen LogP contribution >= 0.6 is 0 Å². The molecule has 2 aromatic rings. The molecule has 0 aromatic heterocycles. The molecule has 1 saturated heterocycles. The summed E-state index contributed by atoms with van der Waals surface area (Å²) in [6.45, 7) is 1.49. The molecule has 1 aliphatic rings. The first-order valence-corrected chi connectivity index (χ1v) is 8.38. The van der Waals surface area contributed by atoms with Crippen LogP contribution in [0.4, 0.5) is 0 Å². The number of carboxylic acid groups (broad SMARTS) is 1. The van der Waals surface area contributed by atoms with Crippen LogP contribution in [0.15, 0.2) is 60.7 Å². The van der Waals surface area contributed by atoms with E-state index in [1.165, 1.54) is 12.8 Å². The highest BCUT2D eigenvalue weighted by molar-refractivity contribution is 5.83. The molecular formula is C20H25NO4. The lowest BCUT2D eigenvalue weighted by Gasteiger charge is -2.24. The molecule has 0 radical (unpaired) electrons. The summed E-state index contributed by atoms with van der Waals surface area (Å²) in [7, 11) is 2.06. The highest BCUT2D eigenvalue weighted by Gasteiger charge is 2.39. The highest BCUT2D eigenvalue weighted by atomic mass is 16.4. The molecular weight excluding hydrogens is 318 g/mol. The van der Waals surface area contributed by atoms with Crippen molar-refractivity contribution in [3.8, 4) is 0 Å². The molecule has 0 spiro atoms. The van der Waals surface area contributed by atoms with Gasteiger partial charge in [-0.25, -0.2) is 4.79 Å². The van der Waals surface area contributed by atoms with E-state index in [2.05, 4.69) is 11.9 Å². The third kappa shape index (κ3) is 4.45. The van der Waals surface area contributed by atoms with Crippen molar-refractivity contribution >= 4 is 5.97 Å². The SMILES string of the molecule is CN1CCCC1CO.O=C(O)C(O)(c1ccccc1)c1ccccc1. The van der Waals surface area contributed by atoms with Crippen LogP contribution in [0.25, 0.3) is 0 Å². The predicted octanol–water partition coefficient (Wildman–Crippen LogP) is 2.08. The van der Waals surface area contributed by atoms with Crippen LogP contribution in [0.5, 0.6) is 0 Å². The molecule has 25 heavy (non-hydrogen) atoms. The number of likely N-dealkylation sites (N-methyl/N-ethyl adjacent to an activating group) is 1. The van der Waals surface area contributed by atoms with Gasteiger partial charge in [0.2, 0.25) is 5.60 Å². The Kier molecular flexibility index (Phi) is 6.70. The van der Waals surface area contributed by atoms with Gasteiger partial charge in [0.25, 0.3) is 0 Å². The van der Waals surface area contributed by atoms with Crippen LogP contribution in [-0.4, -0.2) is 52.4 Å². The molecule has 1 atom stereocenters. The van der Waals surface area contributed by atoms with Crippen molar-refractivity contribution in [3.63, 3.8) is 0 Å². The molecule has 134 valence electrons. The third-order valence-corrected chi connectivity index (χ3v) is 4.57. The van der Waals surface area contributed by atoms with Gasteiger partial charge in [0.1, 0.15) is 0 Å². The molecule has 5 heteroatoms. The summed E-state index contributed by atoms with van der Waals surface area (Å²) < 4.78 is 0. The first kappa shape index (κ1) is 19.1. The van der Waals surface area contributed by atoms with Crippen molar-refractivity contribution in [2.24, 2.45) is 0 Å². The Morgan fingerprint density at radius 3 is 1.84 bits per heavy atom. The molecule has 3 N–H and O–H groups in total. The molecule has 1 aliphatic heterocycles. The van der Waals surface area contributed by atoms with Gasteiger partial charge in [0.05, 0.1) is 6.61 Å². The number of aliphatic hydroxyl groups is 2. The topological polar surface area (TPSA) is 81.0 Å². The minimum Gasteiger partial charge on any atom is -0.479 e. The molecule has 2 aromatic carbocycles. The van der Waals surface area contributed by atoms with Crippen molar-refractivity contribution < 1.29 is 20.1 Å². The van der Waals surface area contributed by atoms with Gasteiger partial charge < -0.3 is 20.2 Å². The predicted molar refractivity (Wildman–Crippen MR) is 96.3 cm³/mol. The Morgan fingerprint density at radius 2 is 1.56 bits per heavy atom. The molecule has 3 rings (SSSR count). The monoisotopic (exact) mass is 343 g/mol.